The largest absolute Gasteiger partial charge is 0.377 e. The highest BCUT2D eigenvalue weighted by Crippen LogP contribution is 2.39. The third-order valence-corrected chi connectivity index (χ3v) is 5.01. The molecule has 112 valence electrons. The van der Waals surface area contributed by atoms with Gasteiger partial charge in [0, 0.05) is 31.3 Å². The number of aromatic nitrogens is 2. The summed E-state index contributed by atoms with van der Waals surface area (Å²) in [7, 11) is 1.67. The topological polar surface area (TPSA) is 56.3 Å². The number of rotatable bonds is 4. The first-order valence-corrected chi connectivity index (χ1v) is 8.29. The minimum atomic E-state index is 0.133. The summed E-state index contributed by atoms with van der Waals surface area (Å²) in [6.07, 6.45) is 8.58. The van der Waals surface area contributed by atoms with Crippen LogP contribution in [0.5, 0.6) is 0 Å². The highest BCUT2D eigenvalue weighted by molar-refractivity contribution is 7.09. The van der Waals surface area contributed by atoms with E-state index in [1.165, 1.54) is 43.6 Å². The SMILES string of the molecule is COCc1nsc(NC2CCOC3(CCCCC3)C2)n1. The van der Waals surface area contributed by atoms with Crippen molar-refractivity contribution in [1.82, 2.24) is 9.36 Å². The van der Waals surface area contributed by atoms with Crippen LogP contribution in [0.3, 0.4) is 0 Å². The minimum absolute atomic E-state index is 0.133. The fraction of sp³-hybridized carbons (Fsp3) is 0.857. The lowest BCUT2D eigenvalue weighted by Crippen LogP contribution is -2.45. The summed E-state index contributed by atoms with van der Waals surface area (Å²) in [5.74, 6) is 0.763. The molecule has 5 nitrogen and oxygen atoms in total. The maximum atomic E-state index is 6.13. The Kier molecular flexibility index (Phi) is 4.53. The molecule has 1 unspecified atom stereocenters. The Morgan fingerprint density at radius 3 is 3.05 bits per heavy atom. The van der Waals surface area contributed by atoms with Crippen molar-refractivity contribution in [2.75, 3.05) is 19.0 Å². The van der Waals surface area contributed by atoms with Crippen LogP contribution < -0.4 is 5.32 Å². The molecule has 1 atom stereocenters. The van der Waals surface area contributed by atoms with Crippen molar-refractivity contribution in [3.8, 4) is 0 Å². The van der Waals surface area contributed by atoms with Gasteiger partial charge in [-0.2, -0.15) is 4.37 Å². The van der Waals surface area contributed by atoms with Gasteiger partial charge in [-0.05, 0) is 25.7 Å². The molecule has 0 amide bonds. The summed E-state index contributed by atoms with van der Waals surface area (Å²) < 4.78 is 15.5. The van der Waals surface area contributed by atoms with Gasteiger partial charge in [-0.1, -0.05) is 19.3 Å². The normalized spacial score (nSPS) is 25.8. The zero-order valence-corrected chi connectivity index (χ0v) is 12.9. The van der Waals surface area contributed by atoms with Crippen molar-refractivity contribution in [2.45, 2.75) is 63.2 Å². The molecule has 6 heteroatoms. The molecule has 0 bridgehead atoms. The number of hydrogen-bond acceptors (Lipinski definition) is 6. The highest BCUT2D eigenvalue weighted by atomic mass is 32.1. The van der Waals surface area contributed by atoms with Crippen molar-refractivity contribution >= 4 is 16.7 Å². The maximum absolute atomic E-state index is 6.13. The van der Waals surface area contributed by atoms with Crippen LogP contribution in [0.1, 0.15) is 50.8 Å². The Morgan fingerprint density at radius 2 is 2.25 bits per heavy atom. The average Bonchev–Trinajstić information content (AvgIpc) is 2.87. The monoisotopic (exact) mass is 297 g/mol. The van der Waals surface area contributed by atoms with Gasteiger partial charge in [0.2, 0.25) is 5.13 Å². The molecule has 1 N–H and O–H groups in total. The van der Waals surface area contributed by atoms with Gasteiger partial charge in [-0.15, -0.1) is 0 Å². The van der Waals surface area contributed by atoms with Crippen LogP contribution in [-0.4, -0.2) is 34.7 Å². The average molecular weight is 297 g/mol. The van der Waals surface area contributed by atoms with Crippen molar-refractivity contribution in [1.29, 1.82) is 0 Å². The van der Waals surface area contributed by atoms with E-state index in [9.17, 15) is 0 Å². The smallest absolute Gasteiger partial charge is 0.202 e. The van der Waals surface area contributed by atoms with E-state index in [4.69, 9.17) is 9.47 Å². The molecule has 1 aliphatic heterocycles. The summed E-state index contributed by atoms with van der Waals surface area (Å²) in [5, 5.41) is 4.45. The Labute approximate surface area is 124 Å². The predicted octanol–water partition coefficient (Wildman–Crippen LogP) is 2.98. The van der Waals surface area contributed by atoms with Crippen LogP contribution in [0.4, 0.5) is 5.13 Å². The molecule has 1 aromatic heterocycles. The van der Waals surface area contributed by atoms with E-state index < -0.39 is 0 Å². The number of ether oxygens (including phenoxy) is 2. The molecule has 2 fully saturated rings. The first-order valence-electron chi connectivity index (χ1n) is 7.52. The molecule has 0 radical (unpaired) electrons. The molecule has 2 aliphatic rings. The van der Waals surface area contributed by atoms with Crippen LogP contribution in [0.25, 0.3) is 0 Å². The Morgan fingerprint density at radius 1 is 1.40 bits per heavy atom. The molecule has 1 aliphatic carbocycles. The van der Waals surface area contributed by atoms with E-state index in [1.54, 1.807) is 7.11 Å². The van der Waals surface area contributed by atoms with E-state index in [1.807, 2.05) is 0 Å². The summed E-state index contributed by atoms with van der Waals surface area (Å²) in [6, 6.07) is 0.463. The first-order chi connectivity index (χ1) is 9.80. The third kappa shape index (κ3) is 3.30. The second-order valence-corrected chi connectivity index (χ2v) is 6.63. The molecule has 3 rings (SSSR count). The van der Waals surface area contributed by atoms with Crippen LogP contribution in [0.15, 0.2) is 0 Å². The maximum Gasteiger partial charge on any atom is 0.202 e. The molecule has 20 heavy (non-hydrogen) atoms. The lowest BCUT2D eigenvalue weighted by molar-refractivity contribution is -0.103. The molecule has 0 aromatic carbocycles. The highest BCUT2D eigenvalue weighted by Gasteiger charge is 2.38. The van der Waals surface area contributed by atoms with Gasteiger partial charge >= 0.3 is 0 Å². The zero-order valence-electron chi connectivity index (χ0n) is 12.1. The van der Waals surface area contributed by atoms with Gasteiger partial charge in [0.1, 0.15) is 6.61 Å². The van der Waals surface area contributed by atoms with E-state index >= 15 is 0 Å². The summed E-state index contributed by atoms with van der Waals surface area (Å²) >= 11 is 1.43. The van der Waals surface area contributed by atoms with Gasteiger partial charge in [0.25, 0.3) is 0 Å². The molecule has 1 spiro atoms. The molecule has 1 saturated carbocycles. The van der Waals surface area contributed by atoms with Gasteiger partial charge in [-0.3, -0.25) is 0 Å². The van der Waals surface area contributed by atoms with Gasteiger partial charge in [0.15, 0.2) is 5.82 Å². The molecule has 2 heterocycles. The second kappa shape index (κ2) is 6.37. The fourth-order valence-electron chi connectivity index (χ4n) is 3.37. The molecular weight excluding hydrogens is 274 g/mol. The summed E-state index contributed by atoms with van der Waals surface area (Å²) in [6.45, 7) is 1.34. The Bertz CT molecular complexity index is 426. The fourth-order valence-corrected chi connectivity index (χ4v) is 4.02. The summed E-state index contributed by atoms with van der Waals surface area (Å²) in [4.78, 5) is 4.46. The van der Waals surface area contributed by atoms with Gasteiger partial charge < -0.3 is 14.8 Å². The number of hydrogen-bond donors (Lipinski definition) is 1. The van der Waals surface area contributed by atoms with E-state index in [0.29, 0.717) is 12.6 Å². The lowest BCUT2D eigenvalue weighted by Gasteiger charge is -2.43. The van der Waals surface area contributed by atoms with Crippen molar-refractivity contribution in [3.63, 3.8) is 0 Å². The molecule has 1 aromatic rings. The molecule has 1 saturated heterocycles. The van der Waals surface area contributed by atoms with Crippen LogP contribution in [-0.2, 0) is 16.1 Å². The zero-order chi connectivity index (χ0) is 13.8. The molecular formula is C14H23N3O2S. The predicted molar refractivity (Wildman–Crippen MR) is 79.0 cm³/mol. The van der Waals surface area contributed by atoms with E-state index in [-0.39, 0.29) is 5.60 Å². The van der Waals surface area contributed by atoms with Gasteiger partial charge in [0.05, 0.1) is 5.60 Å². The Balaban J connectivity index is 1.59. The quantitative estimate of drug-likeness (QED) is 0.926. The number of nitrogens with one attached hydrogen (secondary N) is 1. The third-order valence-electron chi connectivity index (χ3n) is 4.33. The van der Waals surface area contributed by atoms with Crippen molar-refractivity contribution in [2.24, 2.45) is 0 Å². The van der Waals surface area contributed by atoms with Crippen LogP contribution in [0, 0.1) is 0 Å². The van der Waals surface area contributed by atoms with Crippen molar-refractivity contribution in [3.05, 3.63) is 5.82 Å². The number of anilines is 1. The second-order valence-electron chi connectivity index (χ2n) is 5.87. The first kappa shape index (κ1) is 14.2. The van der Waals surface area contributed by atoms with Crippen LogP contribution in [0.2, 0.25) is 0 Å². The minimum Gasteiger partial charge on any atom is -0.377 e. The number of methoxy groups -OCH3 is 1. The van der Waals surface area contributed by atoms with Crippen LogP contribution >= 0.6 is 11.5 Å². The van der Waals surface area contributed by atoms with E-state index in [0.717, 1.165) is 30.4 Å². The van der Waals surface area contributed by atoms with Gasteiger partial charge in [-0.25, -0.2) is 4.98 Å². The standard InChI is InChI=1S/C14H23N3O2S/c1-18-10-12-16-13(20-17-12)15-11-5-8-19-14(9-11)6-3-2-4-7-14/h11H,2-10H2,1H3,(H,15,16,17). The lowest BCUT2D eigenvalue weighted by atomic mass is 9.78. The number of nitrogens with zero attached hydrogens (tertiary/aromatic N) is 2. The van der Waals surface area contributed by atoms with Crippen molar-refractivity contribution < 1.29 is 9.47 Å². The van der Waals surface area contributed by atoms with E-state index in [2.05, 4.69) is 14.7 Å². The Hall–Kier alpha value is -0.720. The summed E-state index contributed by atoms with van der Waals surface area (Å²) in [5.41, 5.74) is 0.133.